The van der Waals surface area contributed by atoms with Crippen LogP contribution in [0.1, 0.15) is 11.1 Å². The van der Waals surface area contributed by atoms with Crippen LogP contribution in [-0.2, 0) is 10.0 Å². The number of aryl methyl sites for hydroxylation is 1. The summed E-state index contributed by atoms with van der Waals surface area (Å²) >= 11 is 0. The van der Waals surface area contributed by atoms with Crippen LogP contribution in [0.2, 0.25) is 0 Å². The maximum Gasteiger partial charge on any atom is 0.263 e. The number of nitrogens with one attached hydrogen (secondary N) is 1. The van der Waals surface area contributed by atoms with E-state index in [0.717, 1.165) is 0 Å². The van der Waals surface area contributed by atoms with E-state index in [1.54, 1.807) is 25.1 Å². The van der Waals surface area contributed by atoms with Gasteiger partial charge in [0.25, 0.3) is 10.0 Å². The third kappa shape index (κ3) is 2.58. The molecule has 102 valence electrons. The van der Waals surface area contributed by atoms with Crippen LogP contribution in [0, 0.1) is 18.3 Å². The van der Waals surface area contributed by atoms with Crippen LogP contribution in [0.15, 0.2) is 47.4 Å². The summed E-state index contributed by atoms with van der Waals surface area (Å²) in [5, 5.41) is 18.7. The van der Waals surface area contributed by atoms with Crippen LogP contribution in [-0.4, -0.2) is 13.5 Å². The number of sulfonamides is 1. The highest BCUT2D eigenvalue weighted by molar-refractivity contribution is 7.92. The lowest BCUT2D eigenvalue weighted by molar-refractivity contribution is 0.477. The number of hydrogen-bond donors (Lipinski definition) is 2. The molecule has 0 fully saturated rings. The first kappa shape index (κ1) is 13.9. The molecule has 0 bridgehead atoms. The minimum Gasteiger partial charge on any atom is -0.506 e. The van der Waals surface area contributed by atoms with Gasteiger partial charge in [0, 0.05) is 0 Å². The number of phenols is 1. The number of aromatic hydroxyl groups is 1. The van der Waals surface area contributed by atoms with Gasteiger partial charge >= 0.3 is 0 Å². The van der Waals surface area contributed by atoms with Crippen LogP contribution in [0.5, 0.6) is 5.75 Å². The van der Waals surface area contributed by atoms with Gasteiger partial charge in [0.05, 0.1) is 11.3 Å². The van der Waals surface area contributed by atoms with E-state index in [1.807, 2.05) is 6.07 Å². The van der Waals surface area contributed by atoms with Gasteiger partial charge in [-0.3, -0.25) is 4.72 Å². The summed E-state index contributed by atoms with van der Waals surface area (Å²) in [6, 6.07) is 12.4. The minimum absolute atomic E-state index is 0.0491. The van der Waals surface area contributed by atoms with E-state index in [0.29, 0.717) is 5.56 Å². The lowest BCUT2D eigenvalue weighted by atomic mass is 10.2. The molecule has 2 rings (SSSR count). The first-order valence-corrected chi connectivity index (χ1v) is 7.24. The van der Waals surface area contributed by atoms with Crippen molar-refractivity contribution in [2.24, 2.45) is 0 Å². The highest BCUT2D eigenvalue weighted by Crippen LogP contribution is 2.29. The molecule has 0 heterocycles. The van der Waals surface area contributed by atoms with E-state index in [9.17, 15) is 13.5 Å². The molecule has 2 aromatic rings. The third-order valence-electron chi connectivity index (χ3n) is 2.78. The van der Waals surface area contributed by atoms with Crippen LogP contribution in [0.3, 0.4) is 0 Å². The number of anilines is 1. The first-order valence-electron chi connectivity index (χ1n) is 5.76. The van der Waals surface area contributed by atoms with Crippen LogP contribution < -0.4 is 4.72 Å². The van der Waals surface area contributed by atoms with Gasteiger partial charge in [0.15, 0.2) is 0 Å². The van der Waals surface area contributed by atoms with Gasteiger partial charge in [-0.25, -0.2) is 8.42 Å². The largest absolute Gasteiger partial charge is 0.506 e. The Labute approximate surface area is 117 Å². The van der Waals surface area contributed by atoms with Gasteiger partial charge in [-0.15, -0.1) is 0 Å². The van der Waals surface area contributed by atoms with Crippen LogP contribution >= 0.6 is 0 Å². The number of rotatable bonds is 3. The molecule has 0 spiro atoms. The molecule has 5 nitrogen and oxygen atoms in total. The predicted molar refractivity (Wildman–Crippen MR) is 74.8 cm³/mol. The summed E-state index contributed by atoms with van der Waals surface area (Å²) in [6.07, 6.45) is 0. The van der Waals surface area contributed by atoms with Crippen molar-refractivity contribution in [1.82, 2.24) is 0 Å². The van der Waals surface area contributed by atoms with E-state index in [-0.39, 0.29) is 21.9 Å². The molecular formula is C14H12N2O3S. The minimum atomic E-state index is -3.93. The highest BCUT2D eigenvalue weighted by atomic mass is 32.2. The molecule has 0 aliphatic carbocycles. The topological polar surface area (TPSA) is 90.2 Å². The summed E-state index contributed by atoms with van der Waals surface area (Å²) in [4.78, 5) is -0.120. The Morgan fingerprint density at radius 2 is 1.85 bits per heavy atom. The normalized spacial score (nSPS) is 10.8. The third-order valence-corrected chi connectivity index (χ3v) is 4.19. The second kappa shape index (κ2) is 5.23. The SMILES string of the molecule is Cc1cccc(O)c1NS(=O)(=O)c1ccccc1C#N. The summed E-state index contributed by atoms with van der Waals surface area (Å²) < 4.78 is 26.9. The van der Waals surface area contributed by atoms with E-state index in [1.165, 1.54) is 24.3 Å². The molecule has 2 aromatic carbocycles. The Hall–Kier alpha value is -2.52. The van der Waals surface area contributed by atoms with Gasteiger partial charge in [-0.2, -0.15) is 5.26 Å². The summed E-state index contributed by atoms with van der Waals surface area (Å²) in [7, 11) is -3.93. The number of nitriles is 1. The molecule has 0 saturated heterocycles. The number of phenolic OH excluding ortho intramolecular Hbond substituents is 1. The number of hydrogen-bond acceptors (Lipinski definition) is 4. The van der Waals surface area contributed by atoms with Crippen molar-refractivity contribution < 1.29 is 13.5 Å². The molecular weight excluding hydrogens is 276 g/mol. The van der Waals surface area contributed by atoms with Crippen LogP contribution in [0.25, 0.3) is 0 Å². The van der Waals surface area contributed by atoms with E-state index >= 15 is 0 Å². The van der Waals surface area contributed by atoms with Crippen molar-refractivity contribution in [2.45, 2.75) is 11.8 Å². The quantitative estimate of drug-likeness (QED) is 0.848. The van der Waals surface area contributed by atoms with E-state index in [2.05, 4.69) is 4.72 Å². The lowest BCUT2D eigenvalue weighted by Gasteiger charge is -2.12. The van der Waals surface area contributed by atoms with Crippen molar-refractivity contribution >= 4 is 15.7 Å². The van der Waals surface area contributed by atoms with Gasteiger partial charge < -0.3 is 5.11 Å². The van der Waals surface area contributed by atoms with Crippen molar-refractivity contribution in [2.75, 3.05) is 4.72 Å². The molecule has 0 radical (unpaired) electrons. The molecule has 0 atom stereocenters. The molecule has 0 aliphatic heterocycles. The second-order valence-corrected chi connectivity index (χ2v) is 5.83. The average molecular weight is 288 g/mol. The predicted octanol–water partition coefficient (Wildman–Crippen LogP) is 2.37. The van der Waals surface area contributed by atoms with Crippen molar-refractivity contribution in [3.63, 3.8) is 0 Å². The van der Waals surface area contributed by atoms with Gasteiger partial charge in [0.1, 0.15) is 16.7 Å². The monoisotopic (exact) mass is 288 g/mol. The molecule has 20 heavy (non-hydrogen) atoms. The van der Waals surface area contributed by atoms with Gasteiger partial charge in [-0.05, 0) is 30.7 Å². The molecule has 0 unspecified atom stereocenters. The fourth-order valence-corrected chi connectivity index (χ4v) is 3.07. The summed E-state index contributed by atoms with van der Waals surface area (Å²) in [5.74, 6) is -0.164. The molecule has 0 amide bonds. The molecule has 2 N–H and O–H groups in total. The molecule has 0 aliphatic rings. The van der Waals surface area contributed by atoms with Crippen molar-refractivity contribution in [1.29, 1.82) is 5.26 Å². The first-order chi connectivity index (χ1) is 9.45. The molecule has 6 heteroatoms. The lowest BCUT2D eigenvalue weighted by Crippen LogP contribution is -2.15. The summed E-state index contributed by atoms with van der Waals surface area (Å²) in [5.41, 5.74) is 0.747. The van der Waals surface area contributed by atoms with Crippen LogP contribution in [0.4, 0.5) is 5.69 Å². The maximum absolute atomic E-state index is 12.3. The van der Waals surface area contributed by atoms with Gasteiger partial charge in [0.2, 0.25) is 0 Å². The smallest absolute Gasteiger partial charge is 0.263 e. The Morgan fingerprint density at radius 1 is 1.15 bits per heavy atom. The highest BCUT2D eigenvalue weighted by Gasteiger charge is 2.20. The zero-order valence-electron chi connectivity index (χ0n) is 10.7. The maximum atomic E-state index is 12.3. The van der Waals surface area contributed by atoms with Gasteiger partial charge in [-0.1, -0.05) is 24.3 Å². The standard InChI is InChI=1S/C14H12N2O3S/c1-10-5-4-7-12(17)14(10)16-20(18,19)13-8-3-2-6-11(13)9-15/h2-8,16-17H,1H3. The number of nitrogens with zero attached hydrogens (tertiary/aromatic N) is 1. The van der Waals surface area contributed by atoms with E-state index in [4.69, 9.17) is 5.26 Å². The van der Waals surface area contributed by atoms with Crippen molar-refractivity contribution in [3.05, 3.63) is 53.6 Å². The van der Waals surface area contributed by atoms with E-state index < -0.39 is 10.0 Å². The Balaban J connectivity index is 2.50. The Morgan fingerprint density at radius 3 is 2.50 bits per heavy atom. The average Bonchev–Trinajstić information content (AvgIpc) is 2.43. The second-order valence-electron chi connectivity index (χ2n) is 4.18. The zero-order valence-corrected chi connectivity index (χ0v) is 11.5. The Kier molecular flexibility index (Phi) is 3.63. The molecule has 0 saturated carbocycles. The Bertz CT molecular complexity index is 772. The molecule has 0 aromatic heterocycles. The number of para-hydroxylation sites is 1. The zero-order chi connectivity index (χ0) is 14.8. The van der Waals surface area contributed by atoms with Crippen molar-refractivity contribution in [3.8, 4) is 11.8 Å². The fraction of sp³-hybridized carbons (Fsp3) is 0.0714. The number of benzene rings is 2. The fourth-order valence-electron chi connectivity index (χ4n) is 1.77. The summed E-state index contributed by atoms with van der Waals surface area (Å²) in [6.45, 7) is 1.67.